The topological polar surface area (TPSA) is 43.1 Å². The number of aryl methyl sites for hydroxylation is 1. The molecular formula is C13H19ClN4. The molecule has 4 nitrogen and oxygen atoms in total. The average molecular weight is 267 g/mol. The summed E-state index contributed by atoms with van der Waals surface area (Å²) >= 11 is 5.88. The molecule has 0 radical (unpaired) electrons. The Kier molecular flexibility index (Phi) is 4.93. The molecule has 18 heavy (non-hydrogen) atoms. The number of unbranched alkanes of at least 4 members (excludes halogenated alkanes) is 5. The number of hydrogen-bond acceptors (Lipinski definition) is 3. The molecule has 0 aromatic carbocycles. The van der Waals surface area contributed by atoms with E-state index < -0.39 is 0 Å². The SMILES string of the molecule is CCCCCCCCc1nnc2ccc(Cl)nn12. The summed E-state index contributed by atoms with van der Waals surface area (Å²) in [5.41, 5.74) is 0.764. The molecule has 0 fully saturated rings. The van der Waals surface area contributed by atoms with Gasteiger partial charge in [0.2, 0.25) is 0 Å². The van der Waals surface area contributed by atoms with Gasteiger partial charge >= 0.3 is 0 Å². The van der Waals surface area contributed by atoms with Crippen molar-refractivity contribution in [2.75, 3.05) is 0 Å². The van der Waals surface area contributed by atoms with Gasteiger partial charge in [0.1, 0.15) is 5.15 Å². The molecule has 2 aromatic heterocycles. The molecule has 0 atom stereocenters. The molecule has 0 saturated carbocycles. The smallest absolute Gasteiger partial charge is 0.178 e. The van der Waals surface area contributed by atoms with Crippen LogP contribution in [0.1, 0.15) is 51.3 Å². The number of hydrogen-bond donors (Lipinski definition) is 0. The summed E-state index contributed by atoms with van der Waals surface area (Å²) in [5, 5.41) is 12.9. The van der Waals surface area contributed by atoms with Crippen molar-refractivity contribution in [2.45, 2.75) is 51.9 Å². The normalized spacial score (nSPS) is 11.2. The highest BCUT2D eigenvalue weighted by Gasteiger charge is 2.06. The van der Waals surface area contributed by atoms with Crippen LogP contribution in [-0.4, -0.2) is 19.8 Å². The molecule has 0 spiro atoms. The van der Waals surface area contributed by atoms with Crippen LogP contribution in [0.3, 0.4) is 0 Å². The van der Waals surface area contributed by atoms with Crippen LogP contribution >= 0.6 is 11.6 Å². The van der Waals surface area contributed by atoms with Crippen LogP contribution in [0, 0.1) is 0 Å². The van der Waals surface area contributed by atoms with E-state index in [0.717, 1.165) is 24.3 Å². The Morgan fingerprint density at radius 2 is 1.83 bits per heavy atom. The van der Waals surface area contributed by atoms with Gasteiger partial charge in [0, 0.05) is 6.42 Å². The number of rotatable bonds is 7. The van der Waals surface area contributed by atoms with Gasteiger partial charge in [0.25, 0.3) is 0 Å². The monoisotopic (exact) mass is 266 g/mol. The fourth-order valence-electron chi connectivity index (χ4n) is 2.03. The highest BCUT2D eigenvalue weighted by molar-refractivity contribution is 6.29. The molecule has 0 aliphatic rings. The first kappa shape index (κ1) is 13.3. The average Bonchev–Trinajstić information content (AvgIpc) is 2.76. The summed E-state index contributed by atoms with van der Waals surface area (Å²) in [7, 11) is 0. The zero-order valence-electron chi connectivity index (χ0n) is 10.8. The third-order valence-corrected chi connectivity index (χ3v) is 3.25. The molecule has 0 saturated heterocycles. The quantitative estimate of drug-likeness (QED) is 0.718. The van der Waals surface area contributed by atoms with Crippen LogP contribution in [0.4, 0.5) is 0 Å². The Balaban J connectivity index is 1.86. The second-order valence-electron chi connectivity index (χ2n) is 4.56. The van der Waals surface area contributed by atoms with E-state index in [4.69, 9.17) is 11.6 Å². The van der Waals surface area contributed by atoms with Gasteiger partial charge < -0.3 is 0 Å². The van der Waals surface area contributed by atoms with Crippen molar-refractivity contribution in [3.8, 4) is 0 Å². The molecule has 0 amide bonds. The molecule has 2 aromatic rings. The number of nitrogens with zero attached hydrogens (tertiary/aromatic N) is 4. The largest absolute Gasteiger partial charge is 0.196 e. The minimum atomic E-state index is 0.478. The Morgan fingerprint density at radius 1 is 1.06 bits per heavy atom. The standard InChI is InChI=1S/C13H19ClN4/c1-2-3-4-5-6-7-8-12-15-16-13-10-9-11(14)17-18(12)13/h9-10H,2-8H2,1H3. The van der Waals surface area contributed by atoms with Gasteiger partial charge in [-0.25, -0.2) is 0 Å². The van der Waals surface area contributed by atoms with E-state index in [-0.39, 0.29) is 0 Å². The summed E-state index contributed by atoms with van der Waals surface area (Å²) in [6.07, 6.45) is 8.57. The van der Waals surface area contributed by atoms with Crippen molar-refractivity contribution in [1.29, 1.82) is 0 Å². The van der Waals surface area contributed by atoms with E-state index in [2.05, 4.69) is 22.2 Å². The van der Waals surface area contributed by atoms with Gasteiger partial charge in [-0.05, 0) is 18.6 Å². The van der Waals surface area contributed by atoms with Gasteiger partial charge in [-0.3, -0.25) is 0 Å². The molecule has 98 valence electrons. The summed E-state index contributed by atoms with van der Waals surface area (Å²) in [4.78, 5) is 0. The lowest BCUT2D eigenvalue weighted by molar-refractivity contribution is 0.596. The van der Waals surface area contributed by atoms with Crippen LogP contribution in [0.2, 0.25) is 5.15 Å². The molecule has 0 unspecified atom stereocenters. The van der Waals surface area contributed by atoms with Crippen LogP contribution in [0.5, 0.6) is 0 Å². The predicted molar refractivity (Wildman–Crippen MR) is 72.9 cm³/mol. The second-order valence-corrected chi connectivity index (χ2v) is 4.95. The maximum atomic E-state index is 5.88. The lowest BCUT2D eigenvalue weighted by atomic mass is 10.1. The van der Waals surface area contributed by atoms with Crippen LogP contribution in [0.15, 0.2) is 12.1 Å². The van der Waals surface area contributed by atoms with Gasteiger partial charge in [-0.2, -0.15) is 9.61 Å². The lowest BCUT2D eigenvalue weighted by Crippen LogP contribution is -1.99. The lowest BCUT2D eigenvalue weighted by Gasteiger charge is -2.00. The summed E-state index contributed by atoms with van der Waals surface area (Å²) in [6, 6.07) is 3.58. The summed E-state index contributed by atoms with van der Waals surface area (Å²) in [5.74, 6) is 0.906. The fraction of sp³-hybridized carbons (Fsp3) is 0.615. The molecule has 0 N–H and O–H groups in total. The molecule has 0 bridgehead atoms. The minimum absolute atomic E-state index is 0.478. The predicted octanol–water partition coefficient (Wildman–Crippen LogP) is 3.68. The van der Waals surface area contributed by atoms with Crippen molar-refractivity contribution in [1.82, 2.24) is 19.8 Å². The Hall–Kier alpha value is -1.16. The summed E-state index contributed by atoms with van der Waals surface area (Å²) in [6.45, 7) is 2.23. The van der Waals surface area contributed by atoms with E-state index in [1.165, 1.54) is 32.1 Å². The number of aromatic nitrogens is 4. The Bertz CT molecular complexity index is 495. The fourth-order valence-corrected chi connectivity index (χ4v) is 2.17. The van der Waals surface area contributed by atoms with Crippen LogP contribution in [0.25, 0.3) is 5.65 Å². The van der Waals surface area contributed by atoms with Crippen molar-refractivity contribution in [3.63, 3.8) is 0 Å². The zero-order chi connectivity index (χ0) is 12.8. The second kappa shape index (κ2) is 6.69. The van der Waals surface area contributed by atoms with Crippen molar-refractivity contribution < 1.29 is 0 Å². The minimum Gasteiger partial charge on any atom is -0.196 e. The summed E-state index contributed by atoms with van der Waals surface area (Å²) < 4.78 is 1.74. The van der Waals surface area contributed by atoms with E-state index in [1.807, 2.05) is 6.07 Å². The van der Waals surface area contributed by atoms with Gasteiger partial charge in [0.05, 0.1) is 0 Å². The van der Waals surface area contributed by atoms with Crippen molar-refractivity contribution in [2.24, 2.45) is 0 Å². The first-order valence-electron chi connectivity index (χ1n) is 6.68. The molecule has 2 heterocycles. The van der Waals surface area contributed by atoms with Gasteiger partial charge in [0.15, 0.2) is 11.5 Å². The number of halogens is 1. The molecule has 0 aliphatic carbocycles. The Morgan fingerprint density at radius 3 is 2.67 bits per heavy atom. The molecular weight excluding hydrogens is 248 g/mol. The Labute approximate surface area is 112 Å². The van der Waals surface area contributed by atoms with Crippen molar-refractivity contribution in [3.05, 3.63) is 23.1 Å². The van der Waals surface area contributed by atoms with Crippen LogP contribution in [-0.2, 0) is 6.42 Å². The first-order valence-corrected chi connectivity index (χ1v) is 7.06. The van der Waals surface area contributed by atoms with Gasteiger partial charge in [-0.15, -0.1) is 10.2 Å². The molecule has 5 heteroatoms. The van der Waals surface area contributed by atoms with E-state index in [0.29, 0.717) is 5.15 Å². The highest BCUT2D eigenvalue weighted by Crippen LogP contribution is 2.11. The zero-order valence-corrected chi connectivity index (χ0v) is 11.5. The first-order chi connectivity index (χ1) is 8.81. The number of fused-ring (bicyclic) bond motifs is 1. The van der Waals surface area contributed by atoms with Crippen LogP contribution < -0.4 is 0 Å². The van der Waals surface area contributed by atoms with Crippen molar-refractivity contribution >= 4 is 17.2 Å². The molecule has 2 rings (SSSR count). The van der Waals surface area contributed by atoms with Gasteiger partial charge in [-0.1, -0.05) is 50.6 Å². The van der Waals surface area contributed by atoms with E-state index in [1.54, 1.807) is 10.6 Å². The van der Waals surface area contributed by atoms with E-state index >= 15 is 0 Å². The molecule has 0 aliphatic heterocycles. The third kappa shape index (κ3) is 3.42. The third-order valence-electron chi connectivity index (χ3n) is 3.05. The maximum absolute atomic E-state index is 5.88. The van der Waals surface area contributed by atoms with E-state index in [9.17, 15) is 0 Å². The maximum Gasteiger partial charge on any atom is 0.178 e. The highest BCUT2D eigenvalue weighted by atomic mass is 35.5.